The minimum absolute atomic E-state index is 0.259. The van der Waals surface area contributed by atoms with E-state index in [2.05, 4.69) is 0 Å². The summed E-state index contributed by atoms with van der Waals surface area (Å²) in [6, 6.07) is 5.19. The highest BCUT2D eigenvalue weighted by Crippen LogP contribution is 2.46. The maximum Gasteiger partial charge on any atom is 0.175 e. The van der Waals surface area contributed by atoms with Gasteiger partial charge in [0.1, 0.15) is 5.75 Å². The Labute approximate surface area is 114 Å². The van der Waals surface area contributed by atoms with Crippen LogP contribution in [0.4, 0.5) is 0 Å². The largest absolute Gasteiger partial charge is 0.496 e. The molecule has 0 unspecified atom stereocenters. The number of benzene rings is 1. The Bertz CT molecular complexity index is 560. The lowest BCUT2D eigenvalue weighted by Gasteiger charge is -2.31. The fraction of sp³-hybridized carbons (Fsp3) is 0.571. The Morgan fingerprint density at radius 1 is 1.32 bits per heavy atom. The number of ether oxygens (including phenoxy) is 1. The normalized spacial score (nSPS) is 18.5. The van der Waals surface area contributed by atoms with E-state index in [1.807, 2.05) is 6.07 Å². The first-order valence-electron chi connectivity index (χ1n) is 6.52. The minimum Gasteiger partial charge on any atom is -0.496 e. The third kappa shape index (κ3) is 2.49. The monoisotopic (exact) mass is 283 g/mol. The zero-order valence-electron chi connectivity index (χ0n) is 11.5. The fourth-order valence-electron chi connectivity index (χ4n) is 3.12. The molecule has 1 saturated carbocycles. The third-order valence-electron chi connectivity index (χ3n) is 4.09. The zero-order chi connectivity index (χ0) is 14.1. The molecule has 4 nitrogen and oxygen atoms in total. The molecule has 106 valence electrons. The molecule has 2 N–H and O–H groups in total. The zero-order valence-corrected chi connectivity index (χ0v) is 12.3. The van der Waals surface area contributed by atoms with Crippen molar-refractivity contribution in [1.82, 2.24) is 0 Å². The van der Waals surface area contributed by atoms with Crippen molar-refractivity contribution in [3.8, 4) is 5.75 Å². The van der Waals surface area contributed by atoms with Gasteiger partial charge in [-0.3, -0.25) is 0 Å². The van der Waals surface area contributed by atoms with Gasteiger partial charge in [0.15, 0.2) is 9.84 Å². The highest BCUT2D eigenvalue weighted by molar-refractivity contribution is 7.90. The van der Waals surface area contributed by atoms with Crippen molar-refractivity contribution < 1.29 is 13.2 Å². The molecular weight excluding hydrogens is 262 g/mol. The van der Waals surface area contributed by atoms with Crippen LogP contribution in [0.5, 0.6) is 5.75 Å². The molecule has 1 aliphatic carbocycles. The summed E-state index contributed by atoms with van der Waals surface area (Å²) >= 11 is 0. The first-order chi connectivity index (χ1) is 8.94. The molecule has 19 heavy (non-hydrogen) atoms. The van der Waals surface area contributed by atoms with E-state index in [1.165, 1.54) is 6.26 Å². The molecule has 1 aromatic carbocycles. The predicted octanol–water partition coefficient (Wildman–Crippen LogP) is 1.87. The van der Waals surface area contributed by atoms with Gasteiger partial charge in [0.25, 0.3) is 0 Å². The van der Waals surface area contributed by atoms with E-state index in [0.29, 0.717) is 17.2 Å². The van der Waals surface area contributed by atoms with E-state index >= 15 is 0 Å². The van der Waals surface area contributed by atoms with Crippen molar-refractivity contribution in [1.29, 1.82) is 0 Å². The lowest BCUT2D eigenvalue weighted by atomic mass is 9.78. The van der Waals surface area contributed by atoms with Gasteiger partial charge in [0, 0.05) is 23.8 Å². The van der Waals surface area contributed by atoms with E-state index in [9.17, 15) is 8.42 Å². The molecule has 5 heteroatoms. The van der Waals surface area contributed by atoms with E-state index in [0.717, 1.165) is 31.2 Å². The average Bonchev–Trinajstić information content (AvgIpc) is 2.86. The quantitative estimate of drug-likeness (QED) is 0.916. The molecular formula is C14H21NO3S. The maximum absolute atomic E-state index is 12.0. The van der Waals surface area contributed by atoms with Crippen molar-refractivity contribution in [3.05, 3.63) is 23.8 Å². The molecule has 0 amide bonds. The molecule has 1 fully saturated rings. The van der Waals surface area contributed by atoms with Crippen LogP contribution in [0.15, 0.2) is 23.1 Å². The lowest BCUT2D eigenvalue weighted by Crippen LogP contribution is -2.34. The second kappa shape index (κ2) is 5.13. The standard InChI is InChI=1S/C14H21NO3S/c1-18-11-6-5-7-12(19(2,16)17)13(11)14(10-15)8-3-4-9-14/h5-7H,3-4,8-10,15H2,1-2H3. The van der Waals surface area contributed by atoms with Gasteiger partial charge in [-0.15, -0.1) is 0 Å². The van der Waals surface area contributed by atoms with Gasteiger partial charge < -0.3 is 10.5 Å². The Morgan fingerprint density at radius 2 is 1.95 bits per heavy atom. The second-order valence-electron chi connectivity index (χ2n) is 5.30. The van der Waals surface area contributed by atoms with Gasteiger partial charge in [-0.1, -0.05) is 18.9 Å². The molecule has 2 rings (SSSR count). The van der Waals surface area contributed by atoms with Gasteiger partial charge in [-0.25, -0.2) is 8.42 Å². The highest BCUT2D eigenvalue weighted by atomic mass is 32.2. The van der Waals surface area contributed by atoms with Crippen LogP contribution in [0, 0.1) is 0 Å². The highest BCUT2D eigenvalue weighted by Gasteiger charge is 2.40. The Hall–Kier alpha value is -1.07. The summed E-state index contributed by atoms with van der Waals surface area (Å²) in [6.07, 6.45) is 5.25. The molecule has 0 aromatic heterocycles. The lowest BCUT2D eigenvalue weighted by molar-refractivity contribution is 0.371. The van der Waals surface area contributed by atoms with E-state index in [4.69, 9.17) is 10.5 Å². The molecule has 0 aliphatic heterocycles. The van der Waals surface area contributed by atoms with Crippen LogP contribution in [0.25, 0.3) is 0 Å². The van der Waals surface area contributed by atoms with Crippen molar-refractivity contribution in [2.75, 3.05) is 19.9 Å². The second-order valence-corrected chi connectivity index (χ2v) is 7.28. The van der Waals surface area contributed by atoms with Crippen LogP contribution in [0.1, 0.15) is 31.2 Å². The summed E-state index contributed by atoms with van der Waals surface area (Å²) in [5.41, 5.74) is 6.51. The average molecular weight is 283 g/mol. The van der Waals surface area contributed by atoms with Crippen molar-refractivity contribution in [2.45, 2.75) is 36.0 Å². The number of sulfone groups is 1. The predicted molar refractivity (Wildman–Crippen MR) is 75.3 cm³/mol. The Balaban J connectivity index is 2.72. The molecule has 0 heterocycles. The molecule has 1 aromatic rings. The number of methoxy groups -OCH3 is 1. The molecule has 0 spiro atoms. The topological polar surface area (TPSA) is 69.4 Å². The molecule has 0 bridgehead atoms. The number of nitrogens with two attached hydrogens (primary N) is 1. The van der Waals surface area contributed by atoms with Gasteiger partial charge >= 0.3 is 0 Å². The Morgan fingerprint density at radius 3 is 2.42 bits per heavy atom. The summed E-state index contributed by atoms with van der Waals surface area (Å²) in [7, 11) is -1.71. The first-order valence-corrected chi connectivity index (χ1v) is 8.41. The summed E-state index contributed by atoms with van der Waals surface area (Å²) in [6.45, 7) is 0.454. The van der Waals surface area contributed by atoms with Crippen molar-refractivity contribution in [2.24, 2.45) is 5.73 Å². The molecule has 1 aliphatic rings. The third-order valence-corrected chi connectivity index (χ3v) is 5.23. The van der Waals surface area contributed by atoms with Gasteiger partial charge in [0.05, 0.1) is 12.0 Å². The van der Waals surface area contributed by atoms with E-state index < -0.39 is 9.84 Å². The van der Waals surface area contributed by atoms with Crippen molar-refractivity contribution >= 4 is 9.84 Å². The first kappa shape index (κ1) is 14.3. The van der Waals surface area contributed by atoms with Crippen LogP contribution >= 0.6 is 0 Å². The number of hydrogen-bond acceptors (Lipinski definition) is 4. The number of hydrogen-bond donors (Lipinski definition) is 1. The SMILES string of the molecule is COc1cccc(S(C)(=O)=O)c1C1(CN)CCCC1. The smallest absolute Gasteiger partial charge is 0.175 e. The summed E-state index contributed by atoms with van der Waals surface area (Å²) in [4.78, 5) is 0.360. The van der Waals surface area contributed by atoms with Crippen molar-refractivity contribution in [3.63, 3.8) is 0 Å². The van der Waals surface area contributed by atoms with Crippen LogP contribution in [-0.4, -0.2) is 28.3 Å². The van der Waals surface area contributed by atoms with Gasteiger partial charge in [-0.2, -0.15) is 0 Å². The van der Waals surface area contributed by atoms with E-state index in [-0.39, 0.29) is 5.41 Å². The van der Waals surface area contributed by atoms with Gasteiger partial charge in [0.2, 0.25) is 0 Å². The van der Waals surface area contributed by atoms with Crippen LogP contribution in [0.2, 0.25) is 0 Å². The van der Waals surface area contributed by atoms with Crippen LogP contribution < -0.4 is 10.5 Å². The summed E-state index contributed by atoms with van der Waals surface area (Å²) in [5, 5.41) is 0. The summed E-state index contributed by atoms with van der Waals surface area (Å²) < 4.78 is 29.5. The van der Waals surface area contributed by atoms with Crippen LogP contribution in [-0.2, 0) is 15.3 Å². The van der Waals surface area contributed by atoms with Gasteiger partial charge in [-0.05, 0) is 25.0 Å². The minimum atomic E-state index is -3.29. The van der Waals surface area contributed by atoms with Crippen LogP contribution in [0.3, 0.4) is 0 Å². The number of rotatable bonds is 4. The summed E-state index contributed by atoms with van der Waals surface area (Å²) in [5.74, 6) is 0.635. The fourth-order valence-corrected chi connectivity index (χ4v) is 4.13. The molecule has 0 saturated heterocycles. The maximum atomic E-state index is 12.0. The Kier molecular flexibility index (Phi) is 3.87. The molecule has 0 radical (unpaired) electrons. The van der Waals surface area contributed by atoms with E-state index in [1.54, 1.807) is 19.2 Å². The molecule has 0 atom stereocenters.